The topological polar surface area (TPSA) is 81.4 Å². The quantitative estimate of drug-likeness (QED) is 0.358. The number of ether oxygens (including phenoxy) is 1. The van der Waals surface area contributed by atoms with Crippen LogP contribution in [0.5, 0.6) is 5.75 Å². The Morgan fingerprint density at radius 2 is 1.61 bits per heavy atom. The predicted octanol–water partition coefficient (Wildman–Crippen LogP) is 5.89. The monoisotopic (exact) mass is 498 g/mol. The van der Waals surface area contributed by atoms with Crippen LogP contribution in [0.2, 0.25) is 0 Å². The fourth-order valence-electron chi connectivity index (χ4n) is 3.18. The highest BCUT2D eigenvalue weighted by atomic mass is 79.9. The number of anilines is 1. The van der Waals surface area contributed by atoms with Gasteiger partial charge in [0, 0.05) is 0 Å². The van der Waals surface area contributed by atoms with Crippen LogP contribution in [0.25, 0.3) is 22.3 Å². The highest BCUT2D eigenvalue weighted by molar-refractivity contribution is 9.10. The molecular weight excluding hydrogens is 480 g/mol. The SMILES string of the molecule is COc1ccc(-c2ccc(S(=O)(=O)Nc3onc(C)c3Br)cc2)c(-c2ccccc2)c1. The highest BCUT2D eigenvalue weighted by Crippen LogP contribution is 2.35. The van der Waals surface area contributed by atoms with Crippen LogP contribution in [-0.2, 0) is 10.0 Å². The number of rotatable bonds is 6. The standard InChI is InChI=1S/C23H19BrN2O4S/c1-15-22(24)23(30-25-15)26-31(27,28)19-11-8-17(9-12-19)20-13-10-18(29-2)14-21(20)16-6-4-3-5-7-16/h3-14,26H,1-2H3. The summed E-state index contributed by atoms with van der Waals surface area (Å²) in [6.45, 7) is 1.71. The summed E-state index contributed by atoms with van der Waals surface area (Å²) in [5.74, 6) is 0.794. The molecule has 1 N–H and O–H groups in total. The third-order valence-electron chi connectivity index (χ3n) is 4.81. The van der Waals surface area contributed by atoms with E-state index in [4.69, 9.17) is 9.26 Å². The molecule has 0 unspecified atom stereocenters. The van der Waals surface area contributed by atoms with Crippen molar-refractivity contribution in [2.45, 2.75) is 11.8 Å². The van der Waals surface area contributed by atoms with Crippen molar-refractivity contribution in [3.63, 3.8) is 0 Å². The zero-order valence-electron chi connectivity index (χ0n) is 16.8. The Balaban J connectivity index is 1.69. The number of benzene rings is 3. The largest absolute Gasteiger partial charge is 0.497 e. The first kappa shape index (κ1) is 21.1. The Morgan fingerprint density at radius 3 is 2.23 bits per heavy atom. The van der Waals surface area contributed by atoms with Gasteiger partial charge in [0.15, 0.2) is 0 Å². The van der Waals surface area contributed by atoms with Gasteiger partial charge in [0.05, 0.1) is 17.7 Å². The number of hydrogen-bond donors (Lipinski definition) is 1. The highest BCUT2D eigenvalue weighted by Gasteiger charge is 2.20. The molecule has 3 aromatic carbocycles. The van der Waals surface area contributed by atoms with Crippen LogP contribution < -0.4 is 9.46 Å². The second-order valence-corrected chi connectivity index (χ2v) is 9.29. The Hall–Kier alpha value is -3.10. The third kappa shape index (κ3) is 4.35. The first-order valence-electron chi connectivity index (χ1n) is 9.37. The molecule has 0 saturated carbocycles. The molecule has 0 aliphatic carbocycles. The molecule has 158 valence electrons. The summed E-state index contributed by atoms with van der Waals surface area (Å²) in [4.78, 5) is 0.118. The van der Waals surface area contributed by atoms with E-state index in [2.05, 4.69) is 25.8 Å². The summed E-state index contributed by atoms with van der Waals surface area (Å²) in [5, 5.41) is 3.74. The lowest BCUT2D eigenvalue weighted by atomic mass is 9.94. The molecule has 0 spiro atoms. The van der Waals surface area contributed by atoms with E-state index in [1.165, 1.54) is 0 Å². The van der Waals surface area contributed by atoms with Gasteiger partial charge in [-0.15, -0.1) is 0 Å². The second kappa shape index (κ2) is 8.56. The smallest absolute Gasteiger partial charge is 0.264 e. The second-order valence-electron chi connectivity index (χ2n) is 6.82. The average Bonchev–Trinajstić information content (AvgIpc) is 3.11. The molecule has 4 rings (SSSR count). The van der Waals surface area contributed by atoms with Crippen LogP contribution in [-0.4, -0.2) is 20.7 Å². The molecule has 0 amide bonds. The van der Waals surface area contributed by atoms with Gasteiger partial charge >= 0.3 is 0 Å². The molecule has 0 radical (unpaired) electrons. The molecule has 0 fully saturated rings. The van der Waals surface area contributed by atoms with Crippen LogP contribution in [0.1, 0.15) is 5.69 Å². The molecule has 31 heavy (non-hydrogen) atoms. The van der Waals surface area contributed by atoms with Gasteiger partial charge in [-0.3, -0.25) is 0 Å². The Bertz CT molecular complexity index is 1320. The number of aromatic nitrogens is 1. The van der Waals surface area contributed by atoms with Gasteiger partial charge in [-0.05, 0) is 69.4 Å². The maximum absolute atomic E-state index is 12.7. The Morgan fingerprint density at radius 1 is 0.935 bits per heavy atom. The number of halogens is 1. The number of methoxy groups -OCH3 is 1. The van der Waals surface area contributed by atoms with Crippen molar-refractivity contribution in [3.05, 3.63) is 83.0 Å². The zero-order chi connectivity index (χ0) is 22.0. The molecule has 8 heteroatoms. The summed E-state index contributed by atoms with van der Waals surface area (Å²) in [6.07, 6.45) is 0. The zero-order valence-corrected chi connectivity index (χ0v) is 19.2. The van der Waals surface area contributed by atoms with Gasteiger partial charge in [0.25, 0.3) is 15.9 Å². The maximum atomic E-state index is 12.7. The molecule has 0 saturated heterocycles. The van der Waals surface area contributed by atoms with Crippen LogP contribution in [0.3, 0.4) is 0 Å². The van der Waals surface area contributed by atoms with Gasteiger partial charge in [0.2, 0.25) is 0 Å². The van der Waals surface area contributed by atoms with E-state index in [1.54, 1.807) is 38.3 Å². The first-order valence-corrected chi connectivity index (χ1v) is 11.6. The van der Waals surface area contributed by atoms with Crippen LogP contribution >= 0.6 is 15.9 Å². The van der Waals surface area contributed by atoms with Crippen molar-refractivity contribution in [1.82, 2.24) is 5.16 Å². The Labute approximate surface area is 189 Å². The lowest BCUT2D eigenvalue weighted by Crippen LogP contribution is -2.12. The van der Waals surface area contributed by atoms with E-state index in [-0.39, 0.29) is 10.8 Å². The third-order valence-corrected chi connectivity index (χ3v) is 7.09. The minimum absolute atomic E-state index is 0.0445. The van der Waals surface area contributed by atoms with Crippen molar-refractivity contribution >= 4 is 31.8 Å². The summed E-state index contributed by atoms with van der Waals surface area (Å²) in [7, 11) is -2.20. The number of hydrogen-bond acceptors (Lipinski definition) is 5. The molecule has 4 aromatic rings. The molecule has 0 atom stereocenters. The van der Waals surface area contributed by atoms with Crippen molar-refractivity contribution in [1.29, 1.82) is 0 Å². The lowest BCUT2D eigenvalue weighted by Gasteiger charge is -2.13. The fraction of sp³-hybridized carbons (Fsp3) is 0.0870. The number of aryl methyl sites for hydroxylation is 1. The molecule has 0 bridgehead atoms. The maximum Gasteiger partial charge on any atom is 0.264 e. The van der Waals surface area contributed by atoms with Crippen molar-refractivity contribution in [3.8, 4) is 28.0 Å². The average molecular weight is 499 g/mol. The van der Waals surface area contributed by atoms with Gasteiger partial charge < -0.3 is 9.26 Å². The van der Waals surface area contributed by atoms with Gasteiger partial charge in [-0.25, -0.2) is 13.1 Å². The molecule has 1 heterocycles. The van der Waals surface area contributed by atoms with E-state index in [0.29, 0.717) is 10.2 Å². The first-order chi connectivity index (χ1) is 14.9. The number of nitrogens with one attached hydrogen (secondary N) is 1. The number of nitrogens with zero attached hydrogens (tertiary/aromatic N) is 1. The molecule has 0 aliphatic heterocycles. The summed E-state index contributed by atoms with van der Waals surface area (Å²) < 4.78 is 38.8. The number of sulfonamides is 1. The van der Waals surface area contributed by atoms with Gasteiger partial charge in [-0.1, -0.05) is 53.7 Å². The van der Waals surface area contributed by atoms with E-state index >= 15 is 0 Å². The normalized spacial score (nSPS) is 11.3. The molecular formula is C23H19BrN2O4S. The predicted molar refractivity (Wildman–Crippen MR) is 124 cm³/mol. The van der Waals surface area contributed by atoms with Gasteiger partial charge in [0.1, 0.15) is 10.2 Å². The van der Waals surface area contributed by atoms with E-state index in [1.807, 2.05) is 48.5 Å². The fourth-order valence-corrected chi connectivity index (χ4v) is 4.55. The summed E-state index contributed by atoms with van der Waals surface area (Å²) in [5.41, 5.74) is 4.45. The van der Waals surface area contributed by atoms with Crippen LogP contribution in [0.15, 0.2) is 86.7 Å². The van der Waals surface area contributed by atoms with Crippen LogP contribution in [0, 0.1) is 6.92 Å². The van der Waals surface area contributed by atoms with Gasteiger partial charge in [-0.2, -0.15) is 0 Å². The Kier molecular flexibility index (Phi) is 5.84. The van der Waals surface area contributed by atoms with Crippen molar-refractivity contribution in [2.75, 3.05) is 11.8 Å². The van der Waals surface area contributed by atoms with Crippen LogP contribution in [0.4, 0.5) is 5.88 Å². The molecule has 0 aliphatic rings. The molecule has 6 nitrogen and oxygen atoms in total. The van der Waals surface area contributed by atoms with E-state index in [9.17, 15) is 8.42 Å². The lowest BCUT2D eigenvalue weighted by molar-refractivity contribution is 0.415. The van der Waals surface area contributed by atoms with E-state index < -0.39 is 10.0 Å². The minimum atomic E-state index is -3.83. The summed E-state index contributed by atoms with van der Waals surface area (Å²) >= 11 is 3.27. The van der Waals surface area contributed by atoms with Crippen molar-refractivity contribution in [2.24, 2.45) is 0 Å². The minimum Gasteiger partial charge on any atom is -0.497 e. The van der Waals surface area contributed by atoms with E-state index in [0.717, 1.165) is 28.0 Å². The van der Waals surface area contributed by atoms with Crippen molar-refractivity contribution < 1.29 is 17.7 Å². The molecule has 1 aromatic heterocycles. The summed E-state index contributed by atoms with van der Waals surface area (Å²) in [6, 6.07) is 22.5.